The van der Waals surface area contributed by atoms with Gasteiger partial charge in [-0.25, -0.2) is 0 Å². The van der Waals surface area contributed by atoms with E-state index in [4.69, 9.17) is 10.5 Å². The second kappa shape index (κ2) is 5.21. The fraction of sp³-hybridized carbons (Fsp3) is 0.250. The highest BCUT2D eigenvalue weighted by atomic mass is 16.5. The van der Waals surface area contributed by atoms with Crippen molar-refractivity contribution in [3.8, 4) is 5.75 Å². The summed E-state index contributed by atoms with van der Waals surface area (Å²) in [6.45, 7) is 0. The van der Waals surface area contributed by atoms with Crippen LogP contribution in [0.2, 0.25) is 0 Å². The molecule has 0 unspecified atom stereocenters. The van der Waals surface area contributed by atoms with Crippen LogP contribution in [0.25, 0.3) is 6.08 Å². The van der Waals surface area contributed by atoms with Gasteiger partial charge in [0.1, 0.15) is 5.75 Å². The zero-order valence-electron chi connectivity index (χ0n) is 9.73. The second-order valence-electron chi connectivity index (χ2n) is 3.57. The number of ether oxygens (including phenoxy) is 1. The van der Waals surface area contributed by atoms with Crippen LogP contribution in [-0.4, -0.2) is 32.0 Å². The summed E-state index contributed by atoms with van der Waals surface area (Å²) in [4.78, 5) is 12.9. The third kappa shape index (κ3) is 3.02. The topological polar surface area (TPSA) is 55.6 Å². The lowest BCUT2D eigenvalue weighted by molar-refractivity contribution is -0.123. The molecule has 4 nitrogen and oxygen atoms in total. The van der Waals surface area contributed by atoms with Crippen molar-refractivity contribution in [2.75, 3.05) is 26.9 Å². The maximum Gasteiger partial charge on any atom is 0.246 e. The Morgan fingerprint density at radius 1 is 1.44 bits per heavy atom. The molecule has 4 heteroatoms. The highest BCUT2D eigenvalue weighted by molar-refractivity contribution is 5.91. The summed E-state index contributed by atoms with van der Waals surface area (Å²) in [5, 5.41) is 0. The van der Waals surface area contributed by atoms with Crippen molar-refractivity contribution in [1.82, 2.24) is 4.90 Å². The summed E-state index contributed by atoms with van der Waals surface area (Å²) >= 11 is 0. The van der Waals surface area contributed by atoms with Crippen LogP contribution in [0.15, 0.2) is 24.3 Å². The molecule has 1 aromatic carbocycles. The van der Waals surface area contributed by atoms with Crippen LogP contribution in [0.3, 0.4) is 0 Å². The smallest absolute Gasteiger partial charge is 0.246 e. The number of amides is 1. The van der Waals surface area contributed by atoms with Gasteiger partial charge in [-0.1, -0.05) is 0 Å². The molecule has 0 aliphatic carbocycles. The number of carbonyl (C=O) groups is 1. The zero-order valence-corrected chi connectivity index (χ0v) is 9.73. The third-order valence-corrected chi connectivity index (χ3v) is 2.10. The Balaban J connectivity index is 2.95. The fourth-order valence-corrected chi connectivity index (χ4v) is 1.19. The Bertz CT molecular complexity index is 411. The van der Waals surface area contributed by atoms with E-state index < -0.39 is 0 Å². The minimum atomic E-state index is -0.0792. The molecular weight excluding hydrogens is 204 g/mol. The molecule has 86 valence electrons. The van der Waals surface area contributed by atoms with E-state index in [0.717, 1.165) is 5.56 Å². The maximum absolute atomic E-state index is 11.4. The Morgan fingerprint density at radius 3 is 2.69 bits per heavy atom. The van der Waals surface area contributed by atoms with E-state index in [9.17, 15) is 4.79 Å². The molecule has 0 spiro atoms. The van der Waals surface area contributed by atoms with Crippen LogP contribution >= 0.6 is 0 Å². The Hall–Kier alpha value is -1.97. The molecule has 0 aliphatic heterocycles. The van der Waals surface area contributed by atoms with E-state index in [1.165, 1.54) is 11.0 Å². The van der Waals surface area contributed by atoms with E-state index in [0.29, 0.717) is 11.4 Å². The normalized spacial score (nSPS) is 10.4. The van der Waals surface area contributed by atoms with E-state index in [1.807, 2.05) is 0 Å². The van der Waals surface area contributed by atoms with Gasteiger partial charge in [0, 0.05) is 31.4 Å². The zero-order chi connectivity index (χ0) is 12.1. The van der Waals surface area contributed by atoms with E-state index in [2.05, 4.69) is 0 Å². The Morgan fingerprint density at radius 2 is 2.12 bits per heavy atom. The van der Waals surface area contributed by atoms with Crippen molar-refractivity contribution < 1.29 is 9.53 Å². The lowest BCUT2D eigenvalue weighted by Crippen LogP contribution is -2.18. The fourth-order valence-electron chi connectivity index (χ4n) is 1.19. The molecule has 0 radical (unpaired) electrons. The number of hydrogen-bond donors (Lipinski definition) is 1. The molecule has 1 aromatic rings. The average Bonchev–Trinajstić information content (AvgIpc) is 2.25. The first-order valence-corrected chi connectivity index (χ1v) is 4.87. The van der Waals surface area contributed by atoms with Gasteiger partial charge >= 0.3 is 0 Å². The summed E-state index contributed by atoms with van der Waals surface area (Å²) in [6.07, 6.45) is 3.18. The number of likely N-dealkylation sites (N-methyl/N-ethyl adjacent to an activating group) is 1. The predicted molar refractivity (Wildman–Crippen MR) is 65.1 cm³/mol. The highest BCUT2D eigenvalue weighted by Gasteiger charge is 2.02. The number of hydrogen-bond acceptors (Lipinski definition) is 3. The molecule has 16 heavy (non-hydrogen) atoms. The molecule has 1 rings (SSSR count). The number of carbonyl (C=O) groups excluding carboxylic acids is 1. The van der Waals surface area contributed by atoms with Crippen LogP contribution < -0.4 is 10.5 Å². The van der Waals surface area contributed by atoms with Gasteiger partial charge in [0.25, 0.3) is 0 Å². The Labute approximate surface area is 95.3 Å². The molecule has 2 N–H and O–H groups in total. The number of benzene rings is 1. The molecule has 0 saturated carbocycles. The minimum absolute atomic E-state index is 0.0792. The second-order valence-corrected chi connectivity index (χ2v) is 3.57. The number of anilines is 1. The third-order valence-electron chi connectivity index (χ3n) is 2.10. The van der Waals surface area contributed by atoms with Gasteiger partial charge in [0.05, 0.1) is 7.11 Å². The SMILES string of the molecule is COc1ccc(N)cc1C=CC(=O)N(C)C. The van der Waals surface area contributed by atoms with Crippen LogP contribution in [0.5, 0.6) is 5.75 Å². The van der Waals surface area contributed by atoms with Crippen LogP contribution in [0.4, 0.5) is 5.69 Å². The summed E-state index contributed by atoms with van der Waals surface area (Å²) in [5.74, 6) is 0.612. The van der Waals surface area contributed by atoms with Gasteiger partial charge in [-0.3, -0.25) is 4.79 Å². The van der Waals surface area contributed by atoms with Crippen molar-refractivity contribution in [2.24, 2.45) is 0 Å². The van der Waals surface area contributed by atoms with Gasteiger partial charge < -0.3 is 15.4 Å². The van der Waals surface area contributed by atoms with Crippen LogP contribution in [0, 0.1) is 0 Å². The van der Waals surface area contributed by atoms with Crippen molar-refractivity contribution >= 4 is 17.7 Å². The van der Waals surface area contributed by atoms with Crippen molar-refractivity contribution in [1.29, 1.82) is 0 Å². The molecule has 0 atom stereocenters. The molecule has 0 aromatic heterocycles. The van der Waals surface area contributed by atoms with Crippen molar-refractivity contribution in [3.05, 3.63) is 29.8 Å². The molecule has 0 saturated heterocycles. The molecule has 0 fully saturated rings. The van der Waals surface area contributed by atoms with Gasteiger partial charge in [0.15, 0.2) is 0 Å². The number of nitrogens with zero attached hydrogens (tertiary/aromatic N) is 1. The maximum atomic E-state index is 11.4. The predicted octanol–water partition coefficient (Wildman–Crippen LogP) is 1.38. The lowest BCUT2D eigenvalue weighted by Gasteiger charge is -2.07. The van der Waals surface area contributed by atoms with Crippen molar-refractivity contribution in [2.45, 2.75) is 0 Å². The van der Waals surface area contributed by atoms with Crippen LogP contribution in [0.1, 0.15) is 5.56 Å². The number of methoxy groups -OCH3 is 1. The number of nitrogen functional groups attached to an aromatic ring is 1. The highest BCUT2D eigenvalue weighted by Crippen LogP contribution is 2.22. The quantitative estimate of drug-likeness (QED) is 0.618. The monoisotopic (exact) mass is 220 g/mol. The minimum Gasteiger partial charge on any atom is -0.496 e. The molecule has 0 aliphatic rings. The van der Waals surface area contributed by atoms with Gasteiger partial charge in [-0.15, -0.1) is 0 Å². The average molecular weight is 220 g/mol. The first-order valence-electron chi connectivity index (χ1n) is 4.87. The molecule has 1 amide bonds. The molecular formula is C12H16N2O2. The molecule has 0 bridgehead atoms. The first kappa shape index (κ1) is 12.1. The summed E-state index contributed by atoms with van der Waals surface area (Å²) < 4.78 is 5.16. The van der Waals surface area contributed by atoms with Gasteiger partial charge in [0.2, 0.25) is 5.91 Å². The number of rotatable bonds is 3. The van der Waals surface area contributed by atoms with Gasteiger partial charge in [-0.05, 0) is 24.3 Å². The summed E-state index contributed by atoms with van der Waals surface area (Å²) in [7, 11) is 4.98. The summed E-state index contributed by atoms with van der Waals surface area (Å²) in [5.41, 5.74) is 7.09. The number of nitrogens with two attached hydrogens (primary N) is 1. The van der Waals surface area contributed by atoms with E-state index >= 15 is 0 Å². The van der Waals surface area contributed by atoms with E-state index in [-0.39, 0.29) is 5.91 Å². The standard InChI is InChI=1S/C12H16N2O2/c1-14(2)12(15)7-4-9-8-10(13)5-6-11(9)16-3/h4-8H,13H2,1-3H3. The Kier molecular flexibility index (Phi) is 3.94. The van der Waals surface area contributed by atoms with Crippen LogP contribution in [-0.2, 0) is 4.79 Å². The van der Waals surface area contributed by atoms with E-state index in [1.54, 1.807) is 45.5 Å². The van der Waals surface area contributed by atoms with Gasteiger partial charge in [-0.2, -0.15) is 0 Å². The first-order chi connectivity index (χ1) is 7.54. The lowest BCUT2D eigenvalue weighted by atomic mass is 10.1. The van der Waals surface area contributed by atoms with Crippen molar-refractivity contribution in [3.63, 3.8) is 0 Å². The summed E-state index contributed by atoms with van der Waals surface area (Å²) in [6, 6.07) is 5.29. The largest absolute Gasteiger partial charge is 0.496 e. The molecule has 0 heterocycles.